The molecule has 0 fully saturated rings. The van der Waals surface area contributed by atoms with Crippen LogP contribution < -0.4 is 10.2 Å². The number of aromatic nitrogens is 2. The van der Waals surface area contributed by atoms with Crippen LogP contribution in [0.15, 0.2) is 4.42 Å². The second kappa shape index (κ2) is 7.19. The summed E-state index contributed by atoms with van der Waals surface area (Å²) in [7, 11) is 1.67. The largest absolute Gasteiger partial charge is 0.407 e. The molecule has 0 saturated heterocycles. The van der Waals surface area contributed by atoms with Crippen molar-refractivity contribution in [2.75, 3.05) is 38.3 Å². The molecule has 0 aliphatic carbocycles. The molecule has 0 aromatic carbocycles. The van der Waals surface area contributed by atoms with Gasteiger partial charge in [0.25, 0.3) is 0 Å². The number of nitrogens with one attached hydrogen (secondary N) is 1. The van der Waals surface area contributed by atoms with Crippen molar-refractivity contribution in [3.63, 3.8) is 0 Å². The van der Waals surface area contributed by atoms with E-state index in [1.165, 1.54) is 0 Å². The van der Waals surface area contributed by atoms with Crippen molar-refractivity contribution in [1.82, 2.24) is 15.5 Å². The molecule has 0 bridgehead atoms. The van der Waals surface area contributed by atoms with Crippen molar-refractivity contribution in [2.24, 2.45) is 0 Å². The zero-order valence-electron chi connectivity index (χ0n) is 10.2. The highest BCUT2D eigenvalue weighted by Gasteiger charge is 2.10. The van der Waals surface area contributed by atoms with Crippen molar-refractivity contribution in [1.29, 1.82) is 0 Å². The third-order valence-corrected chi connectivity index (χ3v) is 2.25. The monoisotopic (exact) mass is 228 g/mol. The SMILES string of the molecule is CCN(CC)c1nnc(CNCCOC)o1. The summed E-state index contributed by atoms with van der Waals surface area (Å²) in [5, 5.41) is 11.1. The Labute approximate surface area is 96.0 Å². The summed E-state index contributed by atoms with van der Waals surface area (Å²) in [4.78, 5) is 2.02. The van der Waals surface area contributed by atoms with Gasteiger partial charge in [0, 0.05) is 26.7 Å². The quantitative estimate of drug-likeness (QED) is 0.659. The first-order chi connectivity index (χ1) is 7.81. The highest BCUT2D eigenvalue weighted by atomic mass is 16.5. The summed E-state index contributed by atoms with van der Waals surface area (Å²) in [6, 6.07) is 0.591. The van der Waals surface area contributed by atoms with Crippen LogP contribution in [0.5, 0.6) is 0 Å². The molecule has 0 atom stereocenters. The third kappa shape index (κ3) is 3.79. The van der Waals surface area contributed by atoms with Gasteiger partial charge in [0.15, 0.2) is 0 Å². The van der Waals surface area contributed by atoms with Gasteiger partial charge in [0.1, 0.15) is 0 Å². The zero-order chi connectivity index (χ0) is 11.8. The fourth-order valence-electron chi connectivity index (χ4n) is 1.31. The Morgan fingerprint density at radius 1 is 1.31 bits per heavy atom. The predicted molar refractivity (Wildman–Crippen MR) is 61.4 cm³/mol. The average Bonchev–Trinajstić information content (AvgIpc) is 2.75. The molecule has 1 aromatic heterocycles. The van der Waals surface area contributed by atoms with Gasteiger partial charge in [-0.15, -0.1) is 5.10 Å². The van der Waals surface area contributed by atoms with Gasteiger partial charge in [0.05, 0.1) is 13.2 Å². The molecule has 6 nitrogen and oxygen atoms in total. The summed E-state index contributed by atoms with van der Waals surface area (Å²) in [6.07, 6.45) is 0. The fraction of sp³-hybridized carbons (Fsp3) is 0.800. The lowest BCUT2D eigenvalue weighted by Crippen LogP contribution is -2.22. The highest BCUT2D eigenvalue weighted by Crippen LogP contribution is 2.10. The summed E-state index contributed by atoms with van der Waals surface area (Å²) in [5.74, 6) is 0.609. The van der Waals surface area contributed by atoms with E-state index in [-0.39, 0.29) is 0 Å². The molecule has 16 heavy (non-hydrogen) atoms. The van der Waals surface area contributed by atoms with Gasteiger partial charge < -0.3 is 19.4 Å². The van der Waals surface area contributed by atoms with Crippen LogP contribution in [0.2, 0.25) is 0 Å². The molecule has 1 aromatic rings. The minimum absolute atomic E-state index is 0.581. The summed E-state index contributed by atoms with van der Waals surface area (Å²) in [6.45, 7) is 7.90. The Bertz CT molecular complexity index is 286. The van der Waals surface area contributed by atoms with Gasteiger partial charge in [-0.25, -0.2) is 0 Å². The first-order valence-corrected chi connectivity index (χ1v) is 5.58. The van der Waals surface area contributed by atoms with Gasteiger partial charge in [-0.2, -0.15) is 0 Å². The molecule has 1 heterocycles. The first kappa shape index (κ1) is 12.9. The maximum atomic E-state index is 5.51. The second-order valence-corrected chi connectivity index (χ2v) is 3.32. The molecule has 1 rings (SSSR count). The van der Waals surface area contributed by atoms with Crippen LogP contribution in [0.25, 0.3) is 0 Å². The van der Waals surface area contributed by atoms with E-state index in [0.29, 0.717) is 25.1 Å². The smallest absolute Gasteiger partial charge is 0.318 e. The molecular formula is C10H20N4O2. The summed E-state index contributed by atoms with van der Waals surface area (Å²) >= 11 is 0. The van der Waals surface area contributed by atoms with E-state index < -0.39 is 0 Å². The van der Waals surface area contributed by atoms with Gasteiger partial charge in [0.2, 0.25) is 5.89 Å². The normalized spacial score (nSPS) is 10.7. The lowest BCUT2D eigenvalue weighted by atomic mass is 10.5. The van der Waals surface area contributed by atoms with Crippen LogP contribution in [0.4, 0.5) is 6.01 Å². The Morgan fingerprint density at radius 2 is 2.06 bits per heavy atom. The molecular weight excluding hydrogens is 208 g/mol. The number of hydrogen-bond acceptors (Lipinski definition) is 6. The predicted octanol–water partition coefficient (Wildman–Crippen LogP) is 0.652. The van der Waals surface area contributed by atoms with Crippen molar-refractivity contribution in [3.05, 3.63) is 5.89 Å². The van der Waals surface area contributed by atoms with E-state index >= 15 is 0 Å². The van der Waals surface area contributed by atoms with Gasteiger partial charge in [-0.3, -0.25) is 0 Å². The van der Waals surface area contributed by atoms with E-state index in [2.05, 4.69) is 29.4 Å². The number of ether oxygens (including phenoxy) is 1. The van der Waals surface area contributed by atoms with Crippen molar-refractivity contribution in [3.8, 4) is 0 Å². The average molecular weight is 228 g/mol. The molecule has 0 saturated carbocycles. The molecule has 0 unspecified atom stereocenters. The topological polar surface area (TPSA) is 63.4 Å². The standard InChI is InChI=1S/C10H20N4O2/c1-4-14(5-2)10-13-12-9(16-10)8-11-6-7-15-3/h11H,4-8H2,1-3H3. The molecule has 92 valence electrons. The molecule has 1 N–H and O–H groups in total. The van der Waals surface area contributed by atoms with E-state index in [4.69, 9.17) is 9.15 Å². The highest BCUT2D eigenvalue weighted by molar-refractivity contribution is 5.22. The first-order valence-electron chi connectivity index (χ1n) is 5.58. The van der Waals surface area contributed by atoms with Crippen LogP contribution in [0.1, 0.15) is 19.7 Å². The van der Waals surface area contributed by atoms with E-state index in [1.807, 2.05) is 4.90 Å². The molecule has 6 heteroatoms. The molecule has 0 aliphatic rings. The Kier molecular flexibility index (Phi) is 5.81. The minimum atomic E-state index is 0.581. The van der Waals surface area contributed by atoms with Crippen LogP contribution >= 0.6 is 0 Å². The maximum absolute atomic E-state index is 5.51. The molecule has 0 spiro atoms. The zero-order valence-corrected chi connectivity index (χ0v) is 10.2. The number of methoxy groups -OCH3 is 1. The van der Waals surface area contributed by atoms with Crippen LogP contribution in [0.3, 0.4) is 0 Å². The lowest BCUT2D eigenvalue weighted by molar-refractivity contribution is 0.198. The number of rotatable bonds is 8. The second-order valence-electron chi connectivity index (χ2n) is 3.32. The molecule has 0 amide bonds. The maximum Gasteiger partial charge on any atom is 0.318 e. The van der Waals surface area contributed by atoms with E-state index in [9.17, 15) is 0 Å². The Morgan fingerprint density at radius 3 is 2.69 bits per heavy atom. The molecule has 0 aliphatic heterocycles. The van der Waals surface area contributed by atoms with Gasteiger partial charge in [-0.1, -0.05) is 5.10 Å². The summed E-state index contributed by atoms with van der Waals surface area (Å²) in [5.41, 5.74) is 0. The van der Waals surface area contributed by atoms with Gasteiger partial charge >= 0.3 is 6.01 Å². The van der Waals surface area contributed by atoms with Crippen LogP contribution in [-0.4, -0.2) is 43.5 Å². The third-order valence-electron chi connectivity index (χ3n) is 2.25. The van der Waals surface area contributed by atoms with Gasteiger partial charge in [-0.05, 0) is 13.8 Å². The molecule has 0 radical (unpaired) electrons. The summed E-state index contributed by atoms with van der Waals surface area (Å²) < 4.78 is 10.4. The van der Waals surface area contributed by atoms with Crippen LogP contribution in [-0.2, 0) is 11.3 Å². The minimum Gasteiger partial charge on any atom is -0.407 e. The lowest BCUT2D eigenvalue weighted by Gasteiger charge is -2.14. The number of hydrogen-bond donors (Lipinski definition) is 1. The Balaban J connectivity index is 2.38. The fourth-order valence-corrected chi connectivity index (χ4v) is 1.31. The van der Waals surface area contributed by atoms with Crippen molar-refractivity contribution < 1.29 is 9.15 Å². The van der Waals surface area contributed by atoms with Crippen molar-refractivity contribution >= 4 is 6.01 Å². The van der Waals surface area contributed by atoms with E-state index in [0.717, 1.165) is 19.6 Å². The number of nitrogens with zero attached hydrogens (tertiary/aromatic N) is 3. The van der Waals surface area contributed by atoms with Crippen LogP contribution in [0, 0.1) is 0 Å². The Hall–Kier alpha value is -1.14. The van der Waals surface area contributed by atoms with Crippen molar-refractivity contribution in [2.45, 2.75) is 20.4 Å². The van der Waals surface area contributed by atoms with E-state index in [1.54, 1.807) is 7.11 Å². The number of anilines is 1.